The number of rotatable bonds is 8. The summed E-state index contributed by atoms with van der Waals surface area (Å²) in [6.07, 6.45) is 2.39. The van der Waals surface area contributed by atoms with Crippen LogP contribution in [0.25, 0.3) is 22.2 Å². The molecule has 5 nitrogen and oxygen atoms in total. The molecule has 0 radical (unpaired) electrons. The van der Waals surface area contributed by atoms with Gasteiger partial charge in [0.15, 0.2) is 0 Å². The second-order valence-electron chi connectivity index (χ2n) is 7.32. The maximum Gasteiger partial charge on any atom is 0.336 e. The highest BCUT2D eigenvalue weighted by Crippen LogP contribution is 2.38. The molecule has 1 heterocycles. The predicted octanol–water partition coefficient (Wildman–Crippen LogP) is 6.26. The van der Waals surface area contributed by atoms with Gasteiger partial charge in [-0.15, -0.1) is 0 Å². The molecule has 4 N–H and O–H groups in total. The van der Waals surface area contributed by atoms with E-state index >= 15 is 0 Å². The van der Waals surface area contributed by atoms with E-state index in [2.05, 4.69) is 4.98 Å². The largest absolute Gasteiger partial charge is 0.478 e. The van der Waals surface area contributed by atoms with E-state index in [-0.39, 0.29) is 5.56 Å². The lowest BCUT2D eigenvalue weighted by molar-refractivity contribution is 0.0699. The molecular formula is C25H23ClN2O3. The Kier molecular flexibility index (Phi) is 6.26. The Labute approximate surface area is 185 Å². The first-order valence-corrected chi connectivity index (χ1v) is 10.6. The van der Waals surface area contributed by atoms with Gasteiger partial charge in [0.25, 0.3) is 0 Å². The van der Waals surface area contributed by atoms with Gasteiger partial charge in [-0.1, -0.05) is 41.9 Å². The van der Waals surface area contributed by atoms with Gasteiger partial charge < -0.3 is 20.6 Å². The van der Waals surface area contributed by atoms with Gasteiger partial charge in [0, 0.05) is 16.6 Å². The van der Waals surface area contributed by atoms with E-state index in [1.165, 1.54) is 0 Å². The Morgan fingerprint density at radius 3 is 2.52 bits per heavy atom. The number of nitrogens with one attached hydrogen (secondary N) is 1. The number of aromatic nitrogens is 1. The third kappa shape index (κ3) is 4.43. The van der Waals surface area contributed by atoms with Crippen LogP contribution in [0.2, 0.25) is 5.02 Å². The van der Waals surface area contributed by atoms with Crippen molar-refractivity contribution in [2.24, 2.45) is 5.73 Å². The van der Waals surface area contributed by atoms with Gasteiger partial charge in [0.2, 0.25) is 0 Å². The highest BCUT2D eigenvalue weighted by molar-refractivity contribution is 6.36. The summed E-state index contributed by atoms with van der Waals surface area (Å²) in [4.78, 5) is 15.3. The maximum absolute atomic E-state index is 11.9. The fourth-order valence-electron chi connectivity index (χ4n) is 3.80. The fraction of sp³-hybridized carbons (Fsp3) is 0.160. The third-order valence-electron chi connectivity index (χ3n) is 5.22. The number of aromatic amines is 1. The number of ether oxygens (including phenoxy) is 1. The van der Waals surface area contributed by atoms with Crippen molar-refractivity contribution >= 4 is 28.5 Å². The Morgan fingerprint density at radius 2 is 1.77 bits per heavy atom. The van der Waals surface area contributed by atoms with Crippen LogP contribution in [0.3, 0.4) is 0 Å². The number of hydrogen-bond donors (Lipinski definition) is 3. The van der Waals surface area contributed by atoms with Crippen LogP contribution >= 0.6 is 11.6 Å². The Morgan fingerprint density at radius 1 is 1.00 bits per heavy atom. The summed E-state index contributed by atoms with van der Waals surface area (Å²) >= 11 is 6.44. The van der Waals surface area contributed by atoms with E-state index in [1.807, 2.05) is 54.6 Å². The molecule has 0 aliphatic carbocycles. The van der Waals surface area contributed by atoms with Gasteiger partial charge in [-0.2, -0.15) is 0 Å². The summed E-state index contributed by atoms with van der Waals surface area (Å²) in [5.41, 5.74) is 9.24. The molecule has 0 bridgehead atoms. The number of aryl methyl sites for hydroxylation is 1. The van der Waals surface area contributed by atoms with Gasteiger partial charge in [0.1, 0.15) is 11.5 Å². The number of carbonyl (C=O) groups is 1. The number of carboxylic acid groups (broad SMARTS) is 1. The summed E-state index contributed by atoms with van der Waals surface area (Å²) in [5.74, 6) is 0.462. The number of fused-ring (bicyclic) bond motifs is 1. The number of carboxylic acids is 1. The first-order chi connectivity index (χ1) is 15.1. The van der Waals surface area contributed by atoms with E-state index in [1.54, 1.807) is 12.1 Å². The third-order valence-corrected chi connectivity index (χ3v) is 5.54. The maximum atomic E-state index is 11.9. The first kappa shape index (κ1) is 21.0. The van der Waals surface area contributed by atoms with Crippen LogP contribution in [0.4, 0.5) is 0 Å². The van der Waals surface area contributed by atoms with Gasteiger partial charge in [-0.3, -0.25) is 0 Å². The van der Waals surface area contributed by atoms with Crippen molar-refractivity contribution in [3.8, 4) is 22.8 Å². The highest BCUT2D eigenvalue weighted by Gasteiger charge is 2.21. The number of para-hydroxylation sites is 1. The van der Waals surface area contributed by atoms with Crippen molar-refractivity contribution in [2.45, 2.75) is 19.3 Å². The van der Waals surface area contributed by atoms with Gasteiger partial charge in [-0.25, -0.2) is 4.79 Å². The molecule has 0 aliphatic heterocycles. The van der Waals surface area contributed by atoms with Crippen LogP contribution in [0.15, 0.2) is 66.7 Å². The second kappa shape index (κ2) is 9.25. The summed E-state index contributed by atoms with van der Waals surface area (Å²) in [6, 6.07) is 20.5. The van der Waals surface area contributed by atoms with E-state index in [0.717, 1.165) is 35.4 Å². The molecule has 1 aromatic heterocycles. The molecule has 0 aliphatic rings. The van der Waals surface area contributed by atoms with Gasteiger partial charge >= 0.3 is 5.97 Å². The SMILES string of the molecule is NCCCCc1c(-c2cccc(Oc3ccccc3)c2)[nH]c2c(Cl)ccc(C(=O)O)c12. The van der Waals surface area contributed by atoms with E-state index in [9.17, 15) is 9.90 Å². The van der Waals surface area contributed by atoms with Crippen molar-refractivity contribution in [3.05, 3.63) is 82.9 Å². The number of aromatic carboxylic acids is 1. The Hall–Kier alpha value is -3.28. The molecule has 0 spiro atoms. The molecule has 4 rings (SSSR count). The molecule has 0 saturated carbocycles. The number of halogens is 1. The minimum absolute atomic E-state index is 0.237. The van der Waals surface area contributed by atoms with Crippen LogP contribution in [-0.2, 0) is 6.42 Å². The molecule has 31 heavy (non-hydrogen) atoms. The lowest BCUT2D eigenvalue weighted by atomic mass is 9.97. The van der Waals surface area contributed by atoms with Gasteiger partial charge in [0.05, 0.1) is 16.1 Å². The van der Waals surface area contributed by atoms with Crippen LogP contribution in [0, 0.1) is 0 Å². The molecule has 0 unspecified atom stereocenters. The van der Waals surface area contributed by atoms with Crippen LogP contribution < -0.4 is 10.5 Å². The van der Waals surface area contributed by atoms with Gasteiger partial charge in [-0.05, 0) is 67.8 Å². The zero-order valence-electron chi connectivity index (χ0n) is 16.9. The Bertz CT molecular complexity index is 1220. The first-order valence-electron chi connectivity index (χ1n) is 10.2. The van der Waals surface area contributed by atoms with Crippen LogP contribution in [-0.4, -0.2) is 22.6 Å². The monoisotopic (exact) mass is 434 g/mol. The highest BCUT2D eigenvalue weighted by atomic mass is 35.5. The number of nitrogens with two attached hydrogens (primary N) is 1. The van der Waals surface area contributed by atoms with E-state index in [4.69, 9.17) is 22.1 Å². The van der Waals surface area contributed by atoms with E-state index < -0.39 is 5.97 Å². The van der Waals surface area contributed by atoms with Crippen molar-refractivity contribution in [2.75, 3.05) is 6.54 Å². The quantitative estimate of drug-likeness (QED) is 0.285. The predicted molar refractivity (Wildman–Crippen MR) is 124 cm³/mol. The number of hydrogen-bond acceptors (Lipinski definition) is 3. The topological polar surface area (TPSA) is 88.3 Å². The number of unbranched alkanes of at least 4 members (excludes halogenated alkanes) is 1. The fourth-order valence-corrected chi connectivity index (χ4v) is 4.00. The second-order valence-corrected chi connectivity index (χ2v) is 7.72. The molecule has 0 saturated heterocycles. The molecule has 0 fully saturated rings. The van der Waals surface area contributed by atoms with Crippen molar-refractivity contribution < 1.29 is 14.6 Å². The summed E-state index contributed by atoms with van der Waals surface area (Å²) in [6.45, 7) is 0.588. The molecule has 3 aromatic carbocycles. The molecular weight excluding hydrogens is 412 g/mol. The zero-order valence-corrected chi connectivity index (χ0v) is 17.7. The minimum atomic E-state index is -0.978. The average molecular weight is 435 g/mol. The molecule has 4 aromatic rings. The minimum Gasteiger partial charge on any atom is -0.478 e. The van der Waals surface area contributed by atoms with E-state index in [0.29, 0.717) is 34.6 Å². The van der Waals surface area contributed by atoms with Crippen LogP contribution in [0.1, 0.15) is 28.8 Å². The van der Waals surface area contributed by atoms with Crippen molar-refractivity contribution in [3.63, 3.8) is 0 Å². The lowest BCUT2D eigenvalue weighted by Crippen LogP contribution is -2.01. The average Bonchev–Trinajstić information content (AvgIpc) is 3.15. The summed E-state index contributed by atoms with van der Waals surface area (Å²) in [5, 5.41) is 10.9. The number of H-pyrrole nitrogens is 1. The Balaban J connectivity index is 1.84. The normalized spacial score (nSPS) is 11.0. The zero-order chi connectivity index (χ0) is 21.8. The van der Waals surface area contributed by atoms with Crippen LogP contribution in [0.5, 0.6) is 11.5 Å². The molecule has 158 valence electrons. The number of benzene rings is 3. The molecule has 0 atom stereocenters. The molecule has 6 heteroatoms. The smallest absolute Gasteiger partial charge is 0.336 e. The van der Waals surface area contributed by atoms with Crippen molar-refractivity contribution in [1.29, 1.82) is 0 Å². The standard InChI is InChI=1S/C25H23ClN2O3/c26-21-13-12-20(25(29)30)22-19(11-4-5-14-27)23(28-24(21)22)16-7-6-10-18(15-16)31-17-8-2-1-3-9-17/h1-3,6-10,12-13,15,28H,4-5,11,14,27H2,(H,29,30). The van der Waals surface area contributed by atoms with Crippen molar-refractivity contribution in [1.82, 2.24) is 4.98 Å². The lowest BCUT2D eigenvalue weighted by Gasteiger charge is -2.09. The summed E-state index contributed by atoms with van der Waals surface area (Å²) in [7, 11) is 0. The molecule has 0 amide bonds. The summed E-state index contributed by atoms with van der Waals surface area (Å²) < 4.78 is 5.99.